The van der Waals surface area contributed by atoms with Crippen LogP contribution < -0.4 is 5.73 Å². The Morgan fingerprint density at radius 2 is 2.40 bits per heavy atom. The number of aliphatic hydroxyl groups excluding tert-OH is 1. The number of hydrogen-bond acceptors (Lipinski definition) is 4. The normalized spacial score (nSPS) is 12.7. The molecule has 1 aromatic rings. The first-order chi connectivity index (χ1) is 7.22. The third kappa shape index (κ3) is 5.04. The molecule has 0 aromatic carbocycles. The maximum atomic E-state index is 9.75. The summed E-state index contributed by atoms with van der Waals surface area (Å²) in [5, 5.41) is 9.75. The summed E-state index contributed by atoms with van der Waals surface area (Å²) < 4.78 is 0. The molecular formula is C11H18N2OS. The number of pyridine rings is 1. The van der Waals surface area contributed by atoms with Gasteiger partial charge in [-0.25, -0.2) is 4.98 Å². The quantitative estimate of drug-likeness (QED) is 0.725. The third-order valence-corrected chi connectivity index (χ3v) is 2.90. The van der Waals surface area contributed by atoms with Gasteiger partial charge in [-0.05, 0) is 49.0 Å². The summed E-state index contributed by atoms with van der Waals surface area (Å²) in [6.07, 6.45) is 6.07. The molecule has 0 bridgehead atoms. The van der Waals surface area contributed by atoms with Crippen molar-refractivity contribution in [2.45, 2.75) is 25.4 Å². The van der Waals surface area contributed by atoms with Gasteiger partial charge >= 0.3 is 0 Å². The highest BCUT2D eigenvalue weighted by Gasteiger charge is 2.05. The van der Waals surface area contributed by atoms with E-state index in [1.54, 1.807) is 6.20 Å². The number of aliphatic hydroxyl groups is 1. The first kappa shape index (κ1) is 12.3. The minimum absolute atomic E-state index is 0.265. The topological polar surface area (TPSA) is 59.1 Å². The molecule has 1 atom stereocenters. The van der Waals surface area contributed by atoms with Crippen LogP contribution in [-0.4, -0.2) is 28.2 Å². The second kappa shape index (κ2) is 6.69. The van der Waals surface area contributed by atoms with Crippen LogP contribution in [0.2, 0.25) is 0 Å². The Morgan fingerprint density at radius 3 is 3.07 bits per heavy atom. The Morgan fingerprint density at radius 1 is 1.60 bits per heavy atom. The summed E-state index contributed by atoms with van der Waals surface area (Å²) in [5.41, 5.74) is 6.61. The van der Waals surface area contributed by atoms with E-state index in [1.165, 1.54) is 0 Å². The smallest absolute Gasteiger partial charge is 0.123 e. The summed E-state index contributed by atoms with van der Waals surface area (Å²) >= 11 is 1.81. The SMILES string of the molecule is CSCCCC(O)Cc1ccnc(N)c1. The van der Waals surface area contributed by atoms with Gasteiger partial charge < -0.3 is 10.8 Å². The van der Waals surface area contributed by atoms with E-state index in [1.807, 2.05) is 23.9 Å². The minimum atomic E-state index is -0.265. The second-order valence-electron chi connectivity index (χ2n) is 3.58. The highest BCUT2D eigenvalue weighted by atomic mass is 32.2. The molecule has 0 spiro atoms. The highest BCUT2D eigenvalue weighted by molar-refractivity contribution is 7.98. The predicted octanol–water partition coefficient (Wildman–Crippen LogP) is 1.71. The molecule has 3 nitrogen and oxygen atoms in total. The lowest BCUT2D eigenvalue weighted by molar-refractivity contribution is 0.164. The van der Waals surface area contributed by atoms with Gasteiger partial charge in [0.1, 0.15) is 5.82 Å². The number of aromatic nitrogens is 1. The van der Waals surface area contributed by atoms with Gasteiger partial charge in [0.25, 0.3) is 0 Å². The van der Waals surface area contributed by atoms with E-state index >= 15 is 0 Å². The van der Waals surface area contributed by atoms with Crippen molar-refractivity contribution in [2.24, 2.45) is 0 Å². The van der Waals surface area contributed by atoms with Crippen LogP contribution in [0.25, 0.3) is 0 Å². The van der Waals surface area contributed by atoms with E-state index in [9.17, 15) is 5.11 Å². The third-order valence-electron chi connectivity index (χ3n) is 2.20. The van der Waals surface area contributed by atoms with Crippen LogP contribution >= 0.6 is 11.8 Å². The fourth-order valence-corrected chi connectivity index (χ4v) is 1.91. The van der Waals surface area contributed by atoms with Crippen LogP contribution in [0.1, 0.15) is 18.4 Å². The molecule has 3 N–H and O–H groups in total. The lowest BCUT2D eigenvalue weighted by atomic mass is 10.1. The number of hydrogen-bond donors (Lipinski definition) is 2. The van der Waals surface area contributed by atoms with E-state index in [4.69, 9.17) is 5.73 Å². The van der Waals surface area contributed by atoms with Gasteiger partial charge in [-0.15, -0.1) is 0 Å². The van der Waals surface area contributed by atoms with Gasteiger partial charge in [0.15, 0.2) is 0 Å². The van der Waals surface area contributed by atoms with Gasteiger partial charge in [0.05, 0.1) is 6.10 Å². The largest absolute Gasteiger partial charge is 0.393 e. The fourth-order valence-electron chi connectivity index (χ4n) is 1.46. The van der Waals surface area contributed by atoms with E-state index in [2.05, 4.69) is 11.2 Å². The monoisotopic (exact) mass is 226 g/mol. The summed E-state index contributed by atoms with van der Waals surface area (Å²) in [4.78, 5) is 3.92. The first-order valence-corrected chi connectivity index (χ1v) is 6.49. The molecule has 0 aliphatic heterocycles. The molecule has 1 unspecified atom stereocenters. The molecule has 0 fully saturated rings. The number of nitrogens with zero attached hydrogens (tertiary/aromatic N) is 1. The van der Waals surface area contributed by atoms with Crippen LogP contribution in [0.3, 0.4) is 0 Å². The molecule has 1 aromatic heterocycles. The zero-order valence-corrected chi connectivity index (χ0v) is 9.83. The van der Waals surface area contributed by atoms with Crippen molar-refractivity contribution in [1.29, 1.82) is 0 Å². The highest BCUT2D eigenvalue weighted by Crippen LogP contribution is 2.10. The van der Waals surface area contributed by atoms with Crippen molar-refractivity contribution in [2.75, 3.05) is 17.7 Å². The van der Waals surface area contributed by atoms with Crippen LogP contribution in [0.15, 0.2) is 18.3 Å². The van der Waals surface area contributed by atoms with Crippen molar-refractivity contribution >= 4 is 17.6 Å². The van der Waals surface area contributed by atoms with Gasteiger partial charge in [-0.1, -0.05) is 0 Å². The molecule has 4 heteroatoms. The van der Waals surface area contributed by atoms with Crippen molar-refractivity contribution in [3.05, 3.63) is 23.9 Å². The van der Waals surface area contributed by atoms with Crippen molar-refractivity contribution < 1.29 is 5.11 Å². The number of thioether (sulfide) groups is 1. The molecular weight excluding hydrogens is 208 g/mol. The van der Waals surface area contributed by atoms with Crippen LogP contribution in [0, 0.1) is 0 Å². The Labute approximate surface area is 95.1 Å². The predicted molar refractivity (Wildman–Crippen MR) is 66.0 cm³/mol. The summed E-state index contributed by atoms with van der Waals surface area (Å²) in [6.45, 7) is 0. The number of rotatable bonds is 6. The van der Waals surface area contributed by atoms with E-state index in [0.717, 1.165) is 24.2 Å². The van der Waals surface area contributed by atoms with Gasteiger partial charge in [-0.3, -0.25) is 0 Å². The maximum absolute atomic E-state index is 9.75. The summed E-state index contributed by atoms with van der Waals surface area (Å²) in [7, 11) is 0. The molecule has 1 rings (SSSR count). The molecule has 84 valence electrons. The van der Waals surface area contributed by atoms with E-state index < -0.39 is 0 Å². The molecule has 0 saturated carbocycles. The Kier molecular flexibility index (Phi) is 5.50. The number of anilines is 1. The Balaban J connectivity index is 2.34. The fraction of sp³-hybridized carbons (Fsp3) is 0.545. The van der Waals surface area contributed by atoms with Crippen molar-refractivity contribution in [1.82, 2.24) is 4.98 Å². The molecule has 15 heavy (non-hydrogen) atoms. The number of nitrogen functional groups attached to an aromatic ring is 1. The number of nitrogens with two attached hydrogens (primary N) is 1. The van der Waals surface area contributed by atoms with Crippen LogP contribution in [-0.2, 0) is 6.42 Å². The zero-order chi connectivity index (χ0) is 11.1. The molecule has 0 saturated heterocycles. The molecule has 0 aliphatic rings. The van der Waals surface area contributed by atoms with Gasteiger partial charge in [0, 0.05) is 6.20 Å². The molecule has 1 heterocycles. The second-order valence-corrected chi connectivity index (χ2v) is 4.57. The van der Waals surface area contributed by atoms with Crippen molar-refractivity contribution in [3.63, 3.8) is 0 Å². The van der Waals surface area contributed by atoms with E-state index in [0.29, 0.717) is 12.2 Å². The summed E-state index contributed by atoms with van der Waals surface area (Å²) in [6, 6.07) is 3.71. The Hall–Kier alpha value is -0.740. The van der Waals surface area contributed by atoms with E-state index in [-0.39, 0.29) is 6.10 Å². The average molecular weight is 226 g/mol. The van der Waals surface area contributed by atoms with Gasteiger partial charge in [0.2, 0.25) is 0 Å². The average Bonchev–Trinajstić information content (AvgIpc) is 2.18. The lowest BCUT2D eigenvalue weighted by Gasteiger charge is -2.10. The lowest BCUT2D eigenvalue weighted by Crippen LogP contribution is -2.11. The maximum Gasteiger partial charge on any atom is 0.123 e. The van der Waals surface area contributed by atoms with Gasteiger partial charge in [-0.2, -0.15) is 11.8 Å². The first-order valence-electron chi connectivity index (χ1n) is 5.10. The molecule has 0 aliphatic carbocycles. The minimum Gasteiger partial charge on any atom is -0.393 e. The standard InChI is InChI=1S/C11H18N2OS/c1-15-6-2-3-10(14)7-9-4-5-13-11(12)8-9/h4-5,8,10,14H,2-3,6-7H2,1H3,(H2,12,13). The molecule has 0 amide bonds. The molecule has 0 radical (unpaired) electrons. The van der Waals surface area contributed by atoms with Crippen molar-refractivity contribution in [3.8, 4) is 0 Å². The Bertz CT molecular complexity index is 294. The van der Waals surface area contributed by atoms with Crippen LogP contribution in [0.4, 0.5) is 5.82 Å². The zero-order valence-electron chi connectivity index (χ0n) is 9.02. The summed E-state index contributed by atoms with van der Waals surface area (Å²) in [5.74, 6) is 1.62. The van der Waals surface area contributed by atoms with Crippen LogP contribution in [0.5, 0.6) is 0 Å².